The van der Waals surface area contributed by atoms with E-state index < -0.39 is 9.84 Å². The van der Waals surface area contributed by atoms with Crippen LogP contribution in [0.4, 0.5) is 0 Å². The molecule has 0 aliphatic rings. The molecule has 2 rings (SSSR count). The Balaban J connectivity index is 2.05. The van der Waals surface area contributed by atoms with E-state index >= 15 is 0 Å². The molecule has 18 heavy (non-hydrogen) atoms. The zero-order valence-electron chi connectivity index (χ0n) is 10.4. The largest absolute Gasteiger partial charge is 0.298 e. The lowest BCUT2D eigenvalue weighted by atomic mass is 10.4. The van der Waals surface area contributed by atoms with Gasteiger partial charge in [-0.15, -0.1) is 10.2 Å². The topological polar surface area (TPSA) is 67.6 Å². The molecular weight excluding hydrogens is 252 g/mol. The van der Waals surface area contributed by atoms with Crippen molar-refractivity contribution >= 4 is 15.5 Å². The second-order valence-electron chi connectivity index (χ2n) is 4.41. The molecule has 2 aromatic heterocycles. The van der Waals surface area contributed by atoms with E-state index in [-0.39, 0.29) is 5.75 Å². The van der Waals surface area contributed by atoms with Gasteiger partial charge >= 0.3 is 0 Å². The van der Waals surface area contributed by atoms with Gasteiger partial charge in [0.15, 0.2) is 11.5 Å². The molecule has 0 atom stereocenters. The number of hydrogen-bond donors (Lipinski definition) is 0. The van der Waals surface area contributed by atoms with Gasteiger partial charge in [0.2, 0.25) is 0 Å². The lowest BCUT2D eigenvalue weighted by Gasteiger charge is -2.14. The molecule has 0 aliphatic heterocycles. The summed E-state index contributed by atoms with van der Waals surface area (Å²) in [6, 6.07) is 5.70. The van der Waals surface area contributed by atoms with Gasteiger partial charge in [-0.1, -0.05) is 6.07 Å². The van der Waals surface area contributed by atoms with Crippen LogP contribution in [0.1, 0.15) is 5.82 Å². The van der Waals surface area contributed by atoms with E-state index in [1.54, 1.807) is 0 Å². The van der Waals surface area contributed by atoms with Gasteiger partial charge in [-0.05, 0) is 19.2 Å². The van der Waals surface area contributed by atoms with Crippen LogP contribution in [0.5, 0.6) is 0 Å². The maximum absolute atomic E-state index is 11.1. The summed E-state index contributed by atoms with van der Waals surface area (Å²) >= 11 is 0. The Bertz CT molecular complexity index is 635. The molecule has 6 nitrogen and oxygen atoms in total. The van der Waals surface area contributed by atoms with Crippen molar-refractivity contribution in [1.29, 1.82) is 0 Å². The normalized spacial score (nSPS) is 12.4. The zero-order valence-corrected chi connectivity index (χ0v) is 11.3. The predicted molar refractivity (Wildman–Crippen MR) is 69.0 cm³/mol. The van der Waals surface area contributed by atoms with Gasteiger partial charge in [0.25, 0.3) is 0 Å². The highest BCUT2D eigenvalue weighted by molar-refractivity contribution is 7.90. The quantitative estimate of drug-likeness (QED) is 0.775. The molecule has 0 saturated heterocycles. The summed E-state index contributed by atoms with van der Waals surface area (Å²) in [5.41, 5.74) is 0.795. The zero-order chi connectivity index (χ0) is 13.2. The lowest BCUT2D eigenvalue weighted by Crippen LogP contribution is -2.25. The maximum Gasteiger partial charge on any atom is 0.160 e. The smallest absolute Gasteiger partial charge is 0.160 e. The van der Waals surface area contributed by atoms with Gasteiger partial charge in [-0.3, -0.25) is 9.30 Å². The first-order chi connectivity index (χ1) is 8.46. The molecule has 0 unspecified atom stereocenters. The molecule has 7 heteroatoms. The molecule has 0 fully saturated rings. The summed E-state index contributed by atoms with van der Waals surface area (Å²) < 4.78 is 24.1. The van der Waals surface area contributed by atoms with Crippen LogP contribution in [-0.2, 0) is 16.4 Å². The van der Waals surface area contributed by atoms with E-state index in [9.17, 15) is 8.42 Å². The first kappa shape index (κ1) is 13.0. The standard InChI is InChI=1S/C11H16N4O2S/c1-14(7-8-18(2,16)17)9-11-13-12-10-5-3-4-6-15(10)11/h3-6H,7-9H2,1-2H3. The van der Waals surface area contributed by atoms with E-state index in [1.807, 2.05) is 40.7 Å². The van der Waals surface area contributed by atoms with Crippen molar-refractivity contribution in [3.8, 4) is 0 Å². The summed E-state index contributed by atoms with van der Waals surface area (Å²) in [5, 5.41) is 8.15. The van der Waals surface area contributed by atoms with E-state index in [1.165, 1.54) is 6.26 Å². The van der Waals surface area contributed by atoms with Crippen LogP contribution in [0.15, 0.2) is 24.4 Å². The van der Waals surface area contributed by atoms with Crippen molar-refractivity contribution in [2.45, 2.75) is 6.54 Å². The lowest BCUT2D eigenvalue weighted by molar-refractivity contribution is 0.335. The Hall–Kier alpha value is -1.47. The highest BCUT2D eigenvalue weighted by atomic mass is 32.2. The van der Waals surface area contributed by atoms with Gasteiger partial charge in [0.05, 0.1) is 12.3 Å². The fourth-order valence-corrected chi connectivity index (χ4v) is 2.28. The first-order valence-corrected chi connectivity index (χ1v) is 7.67. The Morgan fingerprint density at radius 1 is 1.33 bits per heavy atom. The van der Waals surface area contributed by atoms with Gasteiger partial charge in [-0.25, -0.2) is 8.42 Å². The van der Waals surface area contributed by atoms with Crippen LogP contribution in [-0.4, -0.2) is 53.5 Å². The molecule has 0 aliphatic carbocycles. The number of hydrogen-bond acceptors (Lipinski definition) is 5. The van der Waals surface area contributed by atoms with Crippen molar-refractivity contribution in [1.82, 2.24) is 19.5 Å². The molecule has 0 N–H and O–H groups in total. The van der Waals surface area contributed by atoms with E-state index in [0.717, 1.165) is 11.5 Å². The Labute approximate surface area is 106 Å². The molecular formula is C11H16N4O2S. The summed E-state index contributed by atoms with van der Waals surface area (Å²) in [5.74, 6) is 0.960. The first-order valence-electron chi connectivity index (χ1n) is 5.60. The Kier molecular flexibility index (Phi) is 3.63. The second-order valence-corrected chi connectivity index (χ2v) is 6.67. The second kappa shape index (κ2) is 5.03. The van der Waals surface area contributed by atoms with Crippen LogP contribution < -0.4 is 0 Å². The van der Waals surface area contributed by atoms with Crippen molar-refractivity contribution in [2.75, 3.05) is 25.6 Å². The average molecular weight is 268 g/mol. The third-order valence-electron chi connectivity index (χ3n) is 2.64. The molecule has 0 spiro atoms. The van der Waals surface area contributed by atoms with Crippen molar-refractivity contribution < 1.29 is 8.42 Å². The van der Waals surface area contributed by atoms with Gasteiger partial charge in [0, 0.05) is 19.0 Å². The van der Waals surface area contributed by atoms with Crippen LogP contribution >= 0.6 is 0 Å². The van der Waals surface area contributed by atoms with Crippen molar-refractivity contribution in [3.05, 3.63) is 30.2 Å². The minimum absolute atomic E-state index is 0.153. The Morgan fingerprint density at radius 2 is 2.11 bits per heavy atom. The average Bonchev–Trinajstić information content (AvgIpc) is 2.70. The monoisotopic (exact) mass is 268 g/mol. The minimum atomic E-state index is -2.93. The maximum atomic E-state index is 11.1. The number of pyridine rings is 1. The number of nitrogens with zero attached hydrogens (tertiary/aromatic N) is 4. The molecule has 0 radical (unpaired) electrons. The van der Waals surface area contributed by atoms with Gasteiger partial charge in [-0.2, -0.15) is 0 Å². The summed E-state index contributed by atoms with van der Waals surface area (Å²) in [7, 11) is -1.05. The predicted octanol–water partition coefficient (Wildman–Crippen LogP) is 0.206. The van der Waals surface area contributed by atoms with Crippen LogP contribution in [0, 0.1) is 0 Å². The number of sulfone groups is 1. The molecule has 2 heterocycles. The molecule has 98 valence electrons. The minimum Gasteiger partial charge on any atom is -0.298 e. The fraction of sp³-hybridized carbons (Fsp3) is 0.455. The molecule has 0 aromatic carbocycles. The highest BCUT2D eigenvalue weighted by Crippen LogP contribution is 2.05. The number of fused-ring (bicyclic) bond motifs is 1. The molecule has 0 amide bonds. The summed E-state index contributed by atoms with van der Waals surface area (Å²) in [4.78, 5) is 1.92. The van der Waals surface area contributed by atoms with E-state index in [4.69, 9.17) is 0 Å². The third kappa shape index (κ3) is 3.27. The Morgan fingerprint density at radius 3 is 2.83 bits per heavy atom. The van der Waals surface area contributed by atoms with Crippen molar-refractivity contribution in [2.24, 2.45) is 0 Å². The number of aromatic nitrogens is 3. The molecule has 0 bridgehead atoms. The van der Waals surface area contributed by atoms with Gasteiger partial charge < -0.3 is 0 Å². The highest BCUT2D eigenvalue weighted by Gasteiger charge is 2.10. The SMILES string of the molecule is CN(CCS(C)(=O)=O)Cc1nnc2ccccn12. The fourth-order valence-electron chi connectivity index (χ4n) is 1.64. The third-order valence-corrected chi connectivity index (χ3v) is 3.56. The van der Waals surface area contributed by atoms with Crippen LogP contribution in [0.3, 0.4) is 0 Å². The molecule has 2 aromatic rings. The van der Waals surface area contributed by atoms with E-state index in [2.05, 4.69) is 10.2 Å². The molecule has 0 saturated carbocycles. The van der Waals surface area contributed by atoms with Crippen LogP contribution in [0.2, 0.25) is 0 Å². The van der Waals surface area contributed by atoms with Crippen molar-refractivity contribution in [3.63, 3.8) is 0 Å². The van der Waals surface area contributed by atoms with Crippen LogP contribution in [0.25, 0.3) is 5.65 Å². The summed E-state index contributed by atoms with van der Waals surface area (Å²) in [6.45, 7) is 1.06. The van der Waals surface area contributed by atoms with Gasteiger partial charge in [0.1, 0.15) is 9.84 Å². The summed E-state index contributed by atoms with van der Waals surface area (Å²) in [6.07, 6.45) is 3.14. The number of rotatable bonds is 5. The van der Waals surface area contributed by atoms with E-state index in [0.29, 0.717) is 13.1 Å².